The van der Waals surface area contributed by atoms with E-state index in [0.717, 1.165) is 25.9 Å². The van der Waals surface area contributed by atoms with Gasteiger partial charge in [0.1, 0.15) is 13.2 Å². The molecule has 0 aliphatic carbocycles. The van der Waals surface area contributed by atoms with Crippen LogP contribution in [-0.4, -0.2) is 58.9 Å². The number of rotatable bonds is 3. The number of fused-ring (bicyclic) bond motifs is 1. The summed E-state index contributed by atoms with van der Waals surface area (Å²) in [5.41, 5.74) is 0.681. The fourth-order valence-corrected chi connectivity index (χ4v) is 2.72. The van der Waals surface area contributed by atoms with Gasteiger partial charge in [0.2, 0.25) is 0 Å². The highest BCUT2D eigenvalue weighted by Crippen LogP contribution is 2.30. The second kappa shape index (κ2) is 7.28. The van der Waals surface area contributed by atoms with Gasteiger partial charge in [-0.15, -0.1) is 0 Å². The summed E-state index contributed by atoms with van der Waals surface area (Å²) in [6.07, 6.45) is 2.36. The molecule has 8 nitrogen and oxygen atoms in total. The summed E-state index contributed by atoms with van der Waals surface area (Å²) < 4.78 is 10.9. The molecule has 1 fully saturated rings. The van der Waals surface area contributed by atoms with E-state index in [2.05, 4.69) is 10.3 Å². The summed E-state index contributed by atoms with van der Waals surface area (Å²) in [5, 5.41) is 12.7. The molecule has 0 unspecified atom stereocenters. The van der Waals surface area contributed by atoms with Crippen LogP contribution in [0.15, 0.2) is 12.3 Å². The SMILES string of the molecule is O.O=C(O)N(Cc1cc2c(cn1)OCCO2)C1CCNCC1. The van der Waals surface area contributed by atoms with Gasteiger partial charge in [0, 0.05) is 12.1 Å². The van der Waals surface area contributed by atoms with E-state index in [9.17, 15) is 9.90 Å². The van der Waals surface area contributed by atoms with Crippen molar-refractivity contribution in [1.82, 2.24) is 15.2 Å². The van der Waals surface area contributed by atoms with Crippen molar-refractivity contribution in [1.29, 1.82) is 0 Å². The van der Waals surface area contributed by atoms with Crippen molar-refractivity contribution < 1.29 is 24.9 Å². The van der Waals surface area contributed by atoms with E-state index in [0.29, 0.717) is 30.4 Å². The zero-order chi connectivity index (χ0) is 14.7. The Hall–Kier alpha value is -2.06. The van der Waals surface area contributed by atoms with Gasteiger partial charge in [-0.2, -0.15) is 0 Å². The van der Waals surface area contributed by atoms with Crippen LogP contribution >= 0.6 is 0 Å². The smallest absolute Gasteiger partial charge is 0.407 e. The number of carboxylic acid groups (broad SMARTS) is 1. The first-order valence-electron chi connectivity index (χ1n) is 7.19. The van der Waals surface area contributed by atoms with Crippen LogP contribution in [0.25, 0.3) is 0 Å². The lowest BCUT2D eigenvalue weighted by atomic mass is 10.0. The third-order valence-corrected chi connectivity index (χ3v) is 3.81. The van der Waals surface area contributed by atoms with Gasteiger partial charge >= 0.3 is 6.09 Å². The van der Waals surface area contributed by atoms with Crippen LogP contribution < -0.4 is 14.8 Å². The monoisotopic (exact) mass is 311 g/mol. The molecule has 1 amide bonds. The van der Waals surface area contributed by atoms with E-state index in [1.165, 1.54) is 4.90 Å². The van der Waals surface area contributed by atoms with Crippen molar-refractivity contribution in [3.63, 3.8) is 0 Å². The number of hydrogen-bond donors (Lipinski definition) is 2. The van der Waals surface area contributed by atoms with Crippen molar-refractivity contribution in [2.45, 2.75) is 25.4 Å². The first-order chi connectivity index (χ1) is 10.2. The average Bonchev–Trinajstić information content (AvgIpc) is 2.53. The number of hydrogen-bond acceptors (Lipinski definition) is 5. The number of aromatic nitrogens is 1. The van der Waals surface area contributed by atoms with E-state index < -0.39 is 6.09 Å². The normalized spacial score (nSPS) is 17.5. The van der Waals surface area contributed by atoms with E-state index in [4.69, 9.17) is 9.47 Å². The topological polar surface area (TPSA) is 115 Å². The number of nitrogens with one attached hydrogen (secondary N) is 1. The Labute approximate surface area is 128 Å². The lowest BCUT2D eigenvalue weighted by Gasteiger charge is -2.32. The summed E-state index contributed by atoms with van der Waals surface area (Å²) in [6, 6.07) is 1.81. The maximum atomic E-state index is 11.5. The van der Waals surface area contributed by atoms with Gasteiger partial charge in [0.05, 0.1) is 18.4 Å². The molecule has 22 heavy (non-hydrogen) atoms. The van der Waals surface area contributed by atoms with Crippen LogP contribution in [0.1, 0.15) is 18.5 Å². The Balaban J connectivity index is 0.00000176. The molecule has 122 valence electrons. The molecule has 0 spiro atoms. The minimum Gasteiger partial charge on any atom is -0.486 e. The second-order valence-corrected chi connectivity index (χ2v) is 5.21. The van der Waals surface area contributed by atoms with Gasteiger partial charge in [-0.25, -0.2) is 4.79 Å². The molecule has 0 bridgehead atoms. The molecule has 0 aromatic carbocycles. The van der Waals surface area contributed by atoms with Gasteiger partial charge in [-0.3, -0.25) is 9.88 Å². The number of amides is 1. The predicted octanol–water partition coefficient (Wildman–Crippen LogP) is 0.260. The number of ether oxygens (including phenoxy) is 2. The highest BCUT2D eigenvalue weighted by molar-refractivity contribution is 5.65. The molecular formula is C14H21N3O5. The van der Waals surface area contributed by atoms with E-state index in [-0.39, 0.29) is 18.1 Å². The molecule has 0 atom stereocenters. The quantitative estimate of drug-likeness (QED) is 0.827. The standard InChI is InChI=1S/C14H19N3O4.H2O/c18-14(19)17(11-1-3-15-4-2-11)9-10-7-12-13(8-16-10)21-6-5-20-12;/h7-8,11,15H,1-6,9H2,(H,18,19);1H2. The highest BCUT2D eigenvalue weighted by atomic mass is 16.6. The van der Waals surface area contributed by atoms with Crippen LogP contribution in [0.5, 0.6) is 11.5 Å². The van der Waals surface area contributed by atoms with Crippen molar-refractivity contribution in [2.24, 2.45) is 0 Å². The highest BCUT2D eigenvalue weighted by Gasteiger charge is 2.26. The molecule has 1 aromatic rings. The molecule has 0 radical (unpaired) electrons. The molecule has 4 N–H and O–H groups in total. The summed E-state index contributed by atoms with van der Waals surface area (Å²) in [5.74, 6) is 1.26. The minimum atomic E-state index is -0.904. The largest absolute Gasteiger partial charge is 0.486 e. The van der Waals surface area contributed by atoms with Crippen LogP contribution in [0.2, 0.25) is 0 Å². The van der Waals surface area contributed by atoms with E-state index in [1.54, 1.807) is 12.3 Å². The second-order valence-electron chi connectivity index (χ2n) is 5.21. The maximum Gasteiger partial charge on any atom is 0.407 e. The minimum absolute atomic E-state index is 0. The summed E-state index contributed by atoms with van der Waals surface area (Å²) in [7, 11) is 0. The fourth-order valence-electron chi connectivity index (χ4n) is 2.72. The number of pyridine rings is 1. The van der Waals surface area contributed by atoms with Gasteiger partial charge in [-0.05, 0) is 25.9 Å². The lowest BCUT2D eigenvalue weighted by molar-refractivity contribution is 0.108. The predicted molar refractivity (Wildman–Crippen MR) is 78.3 cm³/mol. The number of piperidine rings is 1. The van der Waals surface area contributed by atoms with Gasteiger partial charge in [0.25, 0.3) is 0 Å². The van der Waals surface area contributed by atoms with Gasteiger partial charge < -0.3 is 25.4 Å². The van der Waals surface area contributed by atoms with Crippen molar-refractivity contribution in [3.8, 4) is 11.5 Å². The maximum absolute atomic E-state index is 11.5. The molecule has 8 heteroatoms. The van der Waals surface area contributed by atoms with Crippen LogP contribution in [0.3, 0.4) is 0 Å². The fraction of sp³-hybridized carbons (Fsp3) is 0.571. The summed E-state index contributed by atoms with van der Waals surface area (Å²) in [4.78, 5) is 17.3. The van der Waals surface area contributed by atoms with Crippen LogP contribution in [0, 0.1) is 0 Å². The molecule has 3 rings (SSSR count). The van der Waals surface area contributed by atoms with E-state index >= 15 is 0 Å². The third-order valence-electron chi connectivity index (χ3n) is 3.81. The third kappa shape index (κ3) is 3.58. The molecule has 3 heterocycles. The summed E-state index contributed by atoms with van der Waals surface area (Å²) in [6.45, 7) is 3.00. The van der Waals surface area contributed by atoms with Gasteiger partial charge in [0.15, 0.2) is 11.5 Å². The van der Waals surface area contributed by atoms with E-state index in [1.807, 2.05) is 0 Å². The molecule has 0 saturated carbocycles. The zero-order valence-electron chi connectivity index (χ0n) is 12.2. The Bertz CT molecular complexity index is 519. The average molecular weight is 311 g/mol. The van der Waals surface area contributed by atoms with Crippen LogP contribution in [-0.2, 0) is 6.54 Å². The summed E-state index contributed by atoms with van der Waals surface area (Å²) >= 11 is 0. The Morgan fingerprint density at radius 1 is 1.32 bits per heavy atom. The first kappa shape index (κ1) is 16.3. The molecule has 1 aromatic heterocycles. The lowest BCUT2D eigenvalue weighted by Crippen LogP contribution is -2.45. The van der Waals surface area contributed by atoms with Crippen molar-refractivity contribution in [2.75, 3.05) is 26.3 Å². The molecule has 2 aliphatic rings. The molecule has 2 aliphatic heterocycles. The number of nitrogens with zero attached hydrogens (tertiary/aromatic N) is 2. The zero-order valence-corrected chi connectivity index (χ0v) is 12.2. The number of carbonyl (C=O) groups is 1. The van der Waals surface area contributed by atoms with Crippen molar-refractivity contribution in [3.05, 3.63) is 18.0 Å². The molecular weight excluding hydrogens is 290 g/mol. The Morgan fingerprint density at radius 3 is 2.68 bits per heavy atom. The first-order valence-corrected chi connectivity index (χ1v) is 7.19. The molecule has 1 saturated heterocycles. The Kier molecular flexibility index (Phi) is 5.40. The van der Waals surface area contributed by atoms with Crippen molar-refractivity contribution >= 4 is 6.09 Å². The van der Waals surface area contributed by atoms with Crippen LogP contribution in [0.4, 0.5) is 4.79 Å². The van der Waals surface area contributed by atoms with Gasteiger partial charge in [-0.1, -0.05) is 0 Å². The Morgan fingerprint density at radius 2 is 2.00 bits per heavy atom.